The number of carbonyl (C=O) groups excluding carboxylic acids is 1. The lowest BCUT2D eigenvalue weighted by molar-refractivity contribution is 0.0661. The molecule has 1 N–H and O–H groups in total. The lowest BCUT2D eigenvalue weighted by Gasteiger charge is -2.04. The Morgan fingerprint density at radius 2 is 1.43 bits per heavy atom. The van der Waals surface area contributed by atoms with Crippen LogP contribution < -0.4 is 0 Å². The number of hydrogen-bond donors (Lipinski definition) is 1. The van der Waals surface area contributed by atoms with Crippen LogP contribution in [0.5, 0.6) is 0 Å². The molecule has 7 heteroatoms. The van der Waals surface area contributed by atoms with Crippen molar-refractivity contribution in [2.45, 2.75) is 0 Å². The fourth-order valence-electron chi connectivity index (χ4n) is 1.81. The van der Waals surface area contributed by atoms with Crippen LogP contribution in [0, 0.1) is 0 Å². The van der Waals surface area contributed by atoms with Gasteiger partial charge >= 0.3 is 11.9 Å². The molecular formula is C16H11O6S-. The van der Waals surface area contributed by atoms with Gasteiger partial charge in [-0.25, -0.2) is 9.59 Å². The molecule has 1 unspecified atom stereocenters. The number of esters is 1. The molecule has 0 aliphatic heterocycles. The van der Waals surface area contributed by atoms with E-state index in [4.69, 9.17) is 5.11 Å². The summed E-state index contributed by atoms with van der Waals surface area (Å²) in [5.74, 6) is -1.68. The van der Waals surface area contributed by atoms with E-state index in [0.717, 1.165) is 22.8 Å². The molecule has 118 valence electrons. The average molecular weight is 331 g/mol. The van der Waals surface area contributed by atoms with E-state index in [9.17, 15) is 18.4 Å². The predicted octanol–water partition coefficient (Wildman–Crippen LogP) is 2.56. The number of carbonyl (C=O) groups is 2. The maximum atomic E-state index is 11.7. The van der Waals surface area contributed by atoms with E-state index in [1.807, 2.05) is 0 Å². The molecular weight excluding hydrogens is 320 g/mol. The number of ether oxygens (including phenoxy) is 1. The Bertz CT molecular complexity index is 762. The molecule has 2 rings (SSSR count). The normalized spacial score (nSPS) is 12.0. The van der Waals surface area contributed by atoms with Crippen molar-refractivity contribution in [1.29, 1.82) is 0 Å². The Morgan fingerprint density at radius 3 is 1.87 bits per heavy atom. The summed E-state index contributed by atoms with van der Waals surface area (Å²) in [6, 6.07) is 12.8. The second-order valence-electron chi connectivity index (χ2n) is 4.40. The fraction of sp³-hybridized carbons (Fsp3) is 0. The zero-order valence-corrected chi connectivity index (χ0v) is 12.5. The molecule has 0 aliphatic rings. The smallest absolute Gasteiger partial charge is 0.342 e. The molecule has 0 bridgehead atoms. The van der Waals surface area contributed by atoms with Crippen LogP contribution in [0.25, 0.3) is 11.1 Å². The highest BCUT2D eigenvalue weighted by molar-refractivity contribution is 7.82. The van der Waals surface area contributed by atoms with E-state index >= 15 is 0 Å². The summed E-state index contributed by atoms with van der Waals surface area (Å²) in [6.07, 6.45) is 0.796. The first-order chi connectivity index (χ1) is 11.0. The summed E-state index contributed by atoms with van der Waals surface area (Å²) in [4.78, 5) is 22.5. The average Bonchev–Trinajstić information content (AvgIpc) is 2.54. The van der Waals surface area contributed by atoms with E-state index in [-0.39, 0.29) is 11.1 Å². The summed E-state index contributed by atoms with van der Waals surface area (Å²) in [6.45, 7) is 0. The van der Waals surface area contributed by atoms with Crippen LogP contribution in [0.3, 0.4) is 0 Å². The largest absolute Gasteiger partial charge is 0.769 e. The monoisotopic (exact) mass is 331 g/mol. The molecule has 0 saturated heterocycles. The van der Waals surface area contributed by atoms with Crippen LogP contribution in [-0.4, -0.2) is 25.8 Å². The van der Waals surface area contributed by atoms with Gasteiger partial charge in [0.1, 0.15) is 6.26 Å². The van der Waals surface area contributed by atoms with Gasteiger partial charge in [0.15, 0.2) is 0 Å². The molecule has 2 aromatic carbocycles. The van der Waals surface area contributed by atoms with Gasteiger partial charge in [0.25, 0.3) is 0 Å². The molecule has 0 aromatic heterocycles. The van der Waals surface area contributed by atoms with Crippen molar-refractivity contribution in [1.82, 2.24) is 0 Å². The van der Waals surface area contributed by atoms with Crippen molar-refractivity contribution in [2.75, 3.05) is 0 Å². The molecule has 0 radical (unpaired) electrons. The first-order valence-corrected chi connectivity index (χ1v) is 7.50. The van der Waals surface area contributed by atoms with Gasteiger partial charge in [0.05, 0.1) is 11.1 Å². The van der Waals surface area contributed by atoms with Gasteiger partial charge in [-0.3, -0.25) is 4.21 Å². The summed E-state index contributed by atoms with van der Waals surface area (Å²) in [5.41, 5.74) is 2.06. The van der Waals surface area contributed by atoms with Crippen LogP contribution in [0.4, 0.5) is 0 Å². The molecule has 0 saturated carbocycles. The van der Waals surface area contributed by atoms with Gasteiger partial charge in [-0.2, -0.15) is 0 Å². The molecule has 1 atom stereocenters. The van der Waals surface area contributed by atoms with Crippen LogP contribution >= 0.6 is 0 Å². The Balaban J connectivity index is 2.11. The van der Waals surface area contributed by atoms with Gasteiger partial charge in [-0.05, 0) is 46.5 Å². The molecule has 0 heterocycles. The highest BCUT2D eigenvalue weighted by atomic mass is 32.2. The van der Waals surface area contributed by atoms with E-state index < -0.39 is 23.0 Å². The third-order valence-electron chi connectivity index (χ3n) is 2.93. The molecule has 0 spiro atoms. The summed E-state index contributed by atoms with van der Waals surface area (Å²) in [5, 5.41) is 9.57. The van der Waals surface area contributed by atoms with E-state index in [1.54, 1.807) is 24.3 Å². The topological polar surface area (TPSA) is 104 Å². The van der Waals surface area contributed by atoms with E-state index in [1.165, 1.54) is 24.3 Å². The van der Waals surface area contributed by atoms with Crippen LogP contribution in [0.2, 0.25) is 0 Å². The molecule has 0 fully saturated rings. The van der Waals surface area contributed by atoms with Crippen molar-refractivity contribution < 1.29 is 28.2 Å². The van der Waals surface area contributed by atoms with Gasteiger partial charge in [-0.1, -0.05) is 24.3 Å². The van der Waals surface area contributed by atoms with Crippen molar-refractivity contribution >= 4 is 23.0 Å². The van der Waals surface area contributed by atoms with Gasteiger partial charge in [-0.15, -0.1) is 0 Å². The lowest BCUT2D eigenvalue weighted by atomic mass is 10.0. The Hall–Kier alpha value is -2.77. The maximum Gasteiger partial charge on any atom is 0.342 e. The summed E-state index contributed by atoms with van der Waals surface area (Å²) < 4.78 is 25.2. The summed E-state index contributed by atoms with van der Waals surface area (Å²) in [7, 11) is 0. The highest BCUT2D eigenvalue weighted by Crippen LogP contribution is 2.20. The highest BCUT2D eigenvalue weighted by Gasteiger charge is 2.07. The Kier molecular flexibility index (Phi) is 5.40. The number of aromatic carboxylic acids is 1. The Labute approximate surface area is 134 Å². The number of hydrogen-bond acceptors (Lipinski definition) is 5. The van der Waals surface area contributed by atoms with Crippen LogP contribution in [-0.2, 0) is 15.8 Å². The number of rotatable bonds is 5. The predicted molar refractivity (Wildman–Crippen MR) is 82.3 cm³/mol. The van der Waals surface area contributed by atoms with Gasteiger partial charge in [0.2, 0.25) is 0 Å². The van der Waals surface area contributed by atoms with Crippen LogP contribution in [0.1, 0.15) is 20.7 Å². The molecule has 0 amide bonds. The first-order valence-electron chi connectivity index (χ1n) is 6.37. The third-order valence-corrected chi connectivity index (χ3v) is 3.26. The van der Waals surface area contributed by atoms with Crippen LogP contribution in [0.15, 0.2) is 60.2 Å². The standard InChI is InChI=1S/C16H12O6S/c17-15(18)13-5-1-11(2-6-13)12-3-7-14(8-4-12)16(19)22-9-10-23(20)21/h1-10H,(H,17,18)(H,20,21)/p-1. The Morgan fingerprint density at radius 1 is 0.957 bits per heavy atom. The minimum absolute atomic E-state index is 0.191. The molecule has 2 aromatic rings. The first kappa shape index (κ1) is 16.6. The maximum absolute atomic E-state index is 11.7. The number of carboxylic acids is 1. The fourth-order valence-corrected chi connectivity index (χ4v) is 1.95. The lowest BCUT2D eigenvalue weighted by Crippen LogP contribution is -2.00. The molecule has 0 aliphatic carbocycles. The minimum atomic E-state index is -2.42. The number of benzene rings is 2. The quantitative estimate of drug-likeness (QED) is 0.513. The van der Waals surface area contributed by atoms with Crippen molar-refractivity contribution in [3.63, 3.8) is 0 Å². The second-order valence-corrected chi connectivity index (χ2v) is 5.19. The summed E-state index contributed by atoms with van der Waals surface area (Å²) >= 11 is -2.42. The second kappa shape index (κ2) is 7.48. The van der Waals surface area contributed by atoms with Crippen molar-refractivity contribution in [2.24, 2.45) is 0 Å². The van der Waals surface area contributed by atoms with E-state index in [2.05, 4.69) is 4.74 Å². The third kappa shape index (κ3) is 4.60. The van der Waals surface area contributed by atoms with E-state index in [0.29, 0.717) is 0 Å². The number of carboxylic acid groups (broad SMARTS) is 1. The van der Waals surface area contributed by atoms with Crippen molar-refractivity contribution in [3.8, 4) is 11.1 Å². The SMILES string of the molecule is O=C(O)c1ccc(-c2ccc(C(=O)OC=CS(=O)[O-])cc2)cc1. The van der Waals surface area contributed by atoms with Gasteiger partial charge < -0.3 is 14.4 Å². The minimum Gasteiger partial charge on any atom is -0.769 e. The van der Waals surface area contributed by atoms with Gasteiger partial charge in [0, 0.05) is 5.41 Å². The zero-order chi connectivity index (χ0) is 16.8. The zero-order valence-electron chi connectivity index (χ0n) is 11.7. The van der Waals surface area contributed by atoms with Crippen molar-refractivity contribution in [3.05, 3.63) is 71.3 Å². The molecule has 6 nitrogen and oxygen atoms in total. The molecule has 23 heavy (non-hydrogen) atoms.